The molecule has 0 saturated carbocycles. The van der Waals surface area contributed by atoms with Gasteiger partial charge in [0.1, 0.15) is 11.1 Å². The summed E-state index contributed by atoms with van der Waals surface area (Å²) in [6, 6.07) is 21.7. The molecule has 2 amide bonds. The highest BCUT2D eigenvalue weighted by molar-refractivity contribution is 8.00. The molecular formula is C23H18Cl2N2O3S. The van der Waals surface area contributed by atoms with Gasteiger partial charge < -0.3 is 10.1 Å². The van der Waals surface area contributed by atoms with Crippen molar-refractivity contribution in [3.8, 4) is 5.75 Å². The Morgan fingerprint density at radius 2 is 1.81 bits per heavy atom. The van der Waals surface area contributed by atoms with Crippen molar-refractivity contribution < 1.29 is 14.3 Å². The Morgan fingerprint density at radius 3 is 2.52 bits per heavy atom. The van der Waals surface area contributed by atoms with Gasteiger partial charge >= 0.3 is 0 Å². The summed E-state index contributed by atoms with van der Waals surface area (Å²) in [6.45, 7) is -0.165. The number of benzene rings is 3. The van der Waals surface area contributed by atoms with E-state index in [1.54, 1.807) is 41.3 Å². The second kappa shape index (κ2) is 9.64. The number of thioether (sulfide) groups is 1. The minimum atomic E-state index is -0.280. The number of carbonyl (C=O) groups excluding carboxylic acids is 2. The molecule has 1 aliphatic rings. The average molecular weight is 473 g/mol. The van der Waals surface area contributed by atoms with E-state index in [-0.39, 0.29) is 23.8 Å². The maximum absolute atomic E-state index is 12.5. The highest BCUT2D eigenvalue weighted by atomic mass is 35.5. The van der Waals surface area contributed by atoms with Crippen LogP contribution in [-0.4, -0.2) is 24.2 Å². The molecule has 1 aliphatic heterocycles. The van der Waals surface area contributed by atoms with Crippen LogP contribution < -0.4 is 15.0 Å². The van der Waals surface area contributed by atoms with Gasteiger partial charge in [0, 0.05) is 16.4 Å². The first-order valence-electron chi connectivity index (χ1n) is 9.47. The maximum Gasteiger partial charge on any atom is 0.262 e. The van der Waals surface area contributed by atoms with E-state index in [0.717, 1.165) is 11.3 Å². The fraction of sp³-hybridized carbons (Fsp3) is 0.130. The molecule has 3 aromatic carbocycles. The van der Waals surface area contributed by atoms with Crippen molar-refractivity contribution in [3.63, 3.8) is 0 Å². The van der Waals surface area contributed by atoms with Gasteiger partial charge in [-0.05, 0) is 54.1 Å². The van der Waals surface area contributed by atoms with Gasteiger partial charge in [-0.1, -0.05) is 47.5 Å². The Hall–Kier alpha value is -2.67. The second-order valence-electron chi connectivity index (χ2n) is 6.80. The number of amides is 2. The van der Waals surface area contributed by atoms with Gasteiger partial charge in [0.2, 0.25) is 5.91 Å². The fourth-order valence-corrected chi connectivity index (χ4v) is 4.74. The van der Waals surface area contributed by atoms with Gasteiger partial charge in [-0.3, -0.25) is 14.5 Å². The summed E-state index contributed by atoms with van der Waals surface area (Å²) < 4.78 is 5.59. The van der Waals surface area contributed by atoms with Crippen LogP contribution in [0.25, 0.3) is 0 Å². The molecular weight excluding hydrogens is 455 g/mol. The maximum atomic E-state index is 12.5. The zero-order chi connectivity index (χ0) is 21.8. The minimum absolute atomic E-state index is 0.0198. The van der Waals surface area contributed by atoms with Gasteiger partial charge in [-0.15, -0.1) is 11.8 Å². The number of ether oxygens (including phenoxy) is 1. The SMILES string of the molecule is O=C(COc1ccc([C@@H]2SCC(=O)N2c2ccc(Cl)cc2)cc1Cl)Nc1ccccc1. The molecule has 31 heavy (non-hydrogen) atoms. The molecule has 0 radical (unpaired) electrons. The van der Waals surface area contributed by atoms with Crippen molar-refractivity contribution in [2.45, 2.75) is 5.37 Å². The number of rotatable bonds is 6. The zero-order valence-electron chi connectivity index (χ0n) is 16.3. The average Bonchev–Trinajstić information content (AvgIpc) is 3.15. The first kappa shape index (κ1) is 21.6. The number of hydrogen-bond acceptors (Lipinski definition) is 4. The molecule has 1 fully saturated rings. The lowest BCUT2D eigenvalue weighted by Crippen LogP contribution is -2.27. The standard InChI is InChI=1S/C23H18Cl2N2O3S/c24-16-7-9-18(10-8-16)27-22(29)14-31-23(27)15-6-11-20(19(25)12-15)30-13-21(28)26-17-4-2-1-3-5-17/h1-12,23H,13-14H2,(H,26,28)/t23-/m0/s1. The molecule has 1 N–H and O–H groups in total. The summed E-state index contributed by atoms with van der Waals surface area (Å²) >= 11 is 13.9. The van der Waals surface area contributed by atoms with Crippen molar-refractivity contribution in [3.05, 3.63) is 88.4 Å². The Bertz CT molecular complexity index is 1090. The lowest BCUT2D eigenvalue weighted by Gasteiger charge is -2.25. The number of hydrogen-bond donors (Lipinski definition) is 1. The highest BCUT2D eigenvalue weighted by Crippen LogP contribution is 2.43. The summed E-state index contributed by atoms with van der Waals surface area (Å²) in [7, 11) is 0. The predicted octanol–water partition coefficient (Wildman–Crippen LogP) is 5.79. The number of para-hydroxylation sites is 1. The molecule has 3 aromatic rings. The van der Waals surface area contributed by atoms with Crippen molar-refractivity contribution in [2.75, 3.05) is 22.6 Å². The van der Waals surface area contributed by atoms with Gasteiger partial charge in [-0.25, -0.2) is 0 Å². The van der Waals surface area contributed by atoms with Crippen molar-refractivity contribution >= 4 is 58.2 Å². The van der Waals surface area contributed by atoms with E-state index in [9.17, 15) is 9.59 Å². The summed E-state index contributed by atoms with van der Waals surface area (Å²) in [4.78, 5) is 26.3. The lowest BCUT2D eigenvalue weighted by atomic mass is 10.1. The molecule has 158 valence electrons. The molecule has 1 saturated heterocycles. The van der Waals surface area contributed by atoms with E-state index < -0.39 is 0 Å². The van der Waals surface area contributed by atoms with Crippen LogP contribution in [0.4, 0.5) is 11.4 Å². The lowest BCUT2D eigenvalue weighted by molar-refractivity contribution is -0.118. The van der Waals surface area contributed by atoms with E-state index in [2.05, 4.69) is 5.32 Å². The molecule has 1 atom stereocenters. The summed E-state index contributed by atoms with van der Waals surface area (Å²) in [5, 5.41) is 3.54. The molecule has 0 aromatic heterocycles. The van der Waals surface area contributed by atoms with Gasteiger partial charge in [0.05, 0.1) is 10.8 Å². The number of nitrogens with zero attached hydrogens (tertiary/aromatic N) is 1. The van der Waals surface area contributed by atoms with Crippen LogP contribution in [0.3, 0.4) is 0 Å². The van der Waals surface area contributed by atoms with Crippen LogP contribution in [0.15, 0.2) is 72.8 Å². The molecule has 4 rings (SSSR count). The van der Waals surface area contributed by atoms with Crippen molar-refractivity contribution in [1.82, 2.24) is 0 Å². The Balaban J connectivity index is 1.44. The van der Waals surface area contributed by atoms with E-state index in [0.29, 0.717) is 27.2 Å². The van der Waals surface area contributed by atoms with E-state index >= 15 is 0 Å². The van der Waals surface area contributed by atoms with Crippen LogP contribution in [0.5, 0.6) is 5.75 Å². The third kappa shape index (κ3) is 5.15. The zero-order valence-corrected chi connectivity index (χ0v) is 18.6. The Kier molecular flexibility index (Phi) is 6.70. The molecule has 0 bridgehead atoms. The first-order valence-corrected chi connectivity index (χ1v) is 11.3. The van der Waals surface area contributed by atoms with Crippen molar-refractivity contribution in [2.24, 2.45) is 0 Å². The predicted molar refractivity (Wildman–Crippen MR) is 126 cm³/mol. The van der Waals surface area contributed by atoms with Crippen LogP contribution in [0, 0.1) is 0 Å². The normalized spacial score (nSPS) is 15.7. The van der Waals surface area contributed by atoms with Crippen LogP contribution >= 0.6 is 35.0 Å². The second-order valence-corrected chi connectivity index (χ2v) is 8.71. The molecule has 0 aliphatic carbocycles. The third-order valence-electron chi connectivity index (χ3n) is 4.63. The number of anilines is 2. The van der Waals surface area contributed by atoms with E-state index in [1.807, 2.05) is 36.4 Å². The summed E-state index contributed by atoms with van der Waals surface area (Å²) in [5.74, 6) is 0.521. The van der Waals surface area contributed by atoms with Crippen LogP contribution in [0.1, 0.15) is 10.9 Å². The van der Waals surface area contributed by atoms with Crippen LogP contribution in [-0.2, 0) is 9.59 Å². The largest absolute Gasteiger partial charge is 0.482 e. The van der Waals surface area contributed by atoms with Crippen LogP contribution in [0.2, 0.25) is 10.0 Å². The van der Waals surface area contributed by atoms with Gasteiger partial charge in [0.25, 0.3) is 5.91 Å². The topological polar surface area (TPSA) is 58.6 Å². The Morgan fingerprint density at radius 1 is 1.06 bits per heavy atom. The number of carbonyl (C=O) groups is 2. The quantitative estimate of drug-likeness (QED) is 0.493. The number of halogens is 2. The summed E-state index contributed by atoms with van der Waals surface area (Å²) in [5.41, 5.74) is 2.35. The number of nitrogens with one attached hydrogen (secondary N) is 1. The highest BCUT2D eigenvalue weighted by Gasteiger charge is 2.34. The fourth-order valence-electron chi connectivity index (χ4n) is 3.20. The molecule has 1 heterocycles. The van der Waals surface area contributed by atoms with Gasteiger partial charge in [-0.2, -0.15) is 0 Å². The van der Waals surface area contributed by atoms with E-state index in [1.165, 1.54) is 11.8 Å². The molecule has 0 unspecified atom stereocenters. The van der Waals surface area contributed by atoms with E-state index in [4.69, 9.17) is 27.9 Å². The van der Waals surface area contributed by atoms with Crippen molar-refractivity contribution in [1.29, 1.82) is 0 Å². The molecule has 8 heteroatoms. The van der Waals surface area contributed by atoms with Gasteiger partial charge in [0.15, 0.2) is 6.61 Å². The summed E-state index contributed by atoms with van der Waals surface area (Å²) in [6.07, 6.45) is 0. The Labute approximate surface area is 194 Å². The minimum Gasteiger partial charge on any atom is -0.482 e. The monoisotopic (exact) mass is 472 g/mol. The first-order chi connectivity index (χ1) is 15.0. The molecule has 0 spiro atoms. The smallest absolute Gasteiger partial charge is 0.262 e. The third-order valence-corrected chi connectivity index (χ3v) is 6.39. The molecule has 5 nitrogen and oxygen atoms in total.